The molecule has 2 aromatic carbocycles. The summed E-state index contributed by atoms with van der Waals surface area (Å²) in [6.07, 6.45) is 0.652. The number of hydrogen-bond acceptors (Lipinski definition) is 6. The van der Waals surface area contributed by atoms with E-state index >= 15 is 0 Å². The molecule has 0 aliphatic rings. The number of anilines is 1. The molecule has 0 saturated carbocycles. The predicted molar refractivity (Wildman–Crippen MR) is 112 cm³/mol. The molecule has 9 heteroatoms. The number of aldehydes is 1. The maximum atomic E-state index is 12.8. The maximum Gasteiger partial charge on any atom is 0.338 e. The largest absolute Gasteiger partial charge is 0.452 e. The number of sulfonamides is 1. The van der Waals surface area contributed by atoms with Crippen molar-refractivity contribution in [2.75, 3.05) is 25.0 Å². The second-order valence-electron chi connectivity index (χ2n) is 6.43. The molecule has 30 heavy (non-hydrogen) atoms. The van der Waals surface area contributed by atoms with Gasteiger partial charge in [-0.25, -0.2) is 13.2 Å². The third-order valence-corrected chi connectivity index (χ3v) is 6.60. The Bertz CT molecular complexity index is 1030. The normalized spacial score (nSPS) is 11.2. The zero-order valence-electron chi connectivity index (χ0n) is 17.0. The molecule has 0 heterocycles. The highest BCUT2D eigenvalue weighted by molar-refractivity contribution is 7.89. The minimum Gasteiger partial charge on any atom is -0.452 e. The molecule has 0 fully saturated rings. The topological polar surface area (TPSA) is 110 Å². The Hall–Kier alpha value is -3.04. The number of carbonyl (C=O) groups excluding carboxylic acids is 3. The number of ether oxygens (including phenoxy) is 1. The van der Waals surface area contributed by atoms with Gasteiger partial charge in [-0.1, -0.05) is 32.0 Å². The molecule has 0 bridgehead atoms. The van der Waals surface area contributed by atoms with Crippen molar-refractivity contribution in [3.63, 3.8) is 0 Å². The average molecular weight is 432 g/mol. The van der Waals surface area contributed by atoms with E-state index in [1.54, 1.807) is 32.9 Å². The molecule has 0 aliphatic carbocycles. The fraction of sp³-hybridized carbons (Fsp3) is 0.286. The van der Waals surface area contributed by atoms with E-state index in [9.17, 15) is 22.8 Å². The van der Waals surface area contributed by atoms with E-state index < -0.39 is 28.5 Å². The highest BCUT2D eigenvalue weighted by atomic mass is 32.2. The van der Waals surface area contributed by atoms with E-state index in [2.05, 4.69) is 5.32 Å². The van der Waals surface area contributed by atoms with Crippen molar-refractivity contribution in [1.82, 2.24) is 4.31 Å². The molecule has 0 spiro atoms. The Kier molecular flexibility index (Phi) is 7.85. The Balaban J connectivity index is 2.06. The zero-order valence-corrected chi connectivity index (χ0v) is 17.9. The lowest BCUT2D eigenvalue weighted by atomic mass is 10.1. The molecule has 0 atom stereocenters. The Morgan fingerprint density at radius 3 is 2.27 bits per heavy atom. The van der Waals surface area contributed by atoms with E-state index in [1.165, 1.54) is 34.6 Å². The minimum absolute atomic E-state index is 0.108. The molecule has 0 saturated heterocycles. The summed E-state index contributed by atoms with van der Waals surface area (Å²) in [5, 5.41) is 2.54. The number of nitrogens with zero attached hydrogens (tertiary/aromatic N) is 1. The van der Waals surface area contributed by atoms with Crippen LogP contribution in [0.25, 0.3) is 0 Å². The second-order valence-corrected chi connectivity index (χ2v) is 8.34. The van der Waals surface area contributed by atoms with Crippen LogP contribution in [0.2, 0.25) is 0 Å². The van der Waals surface area contributed by atoms with Crippen LogP contribution in [-0.2, 0) is 19.6 Å². The van der Waals surface area contributed by atoms with Crippen LogP contribution < -0.4 is 5.32 Å². The number of rotatable bonds is 9. The van der Waals surface area contributed by atoms with Gasteiger partial charge in [-0.2, -0.15) is 4.31 Å². The number of carbonyl (C=O) groups is 3. The minimum atomic E-state index is -3.69. The number of amides is 1. The van der Waals surface area contributed by atoms with Gasteiger partial charge in [-0.3, -0.25) is 9.59 Å². The van der Waals surface area contributed by atoms with Gasteiger partial charge in [-0.05, 0) is 36.8 Å². The van der Waals surface area contributed by atoms with Crippen molar-refractivity contribution in [3.05, 3.63) is 59.2 Å². The van der Waals surface area contributed by atoms with Crippen LogP contribution in [0.3, 0.4) is 0 Å². The van der Waals surface area contributed by atoms with Gasteiger partial charge in [0, 0.05) is 24.3 Å². The smallest absolute Gasteiger partial charge is 0.338 e. The van der Waals surface area contributed by atoms with Crippen LogP contribution in [0.1, 0.15) is 40.1 Å². The molecule has 1 N–H and O–H groups in total. The van der Waals surface area contributed by atoms with Gasteiger partial charge >= 0.3 is 5.97 Å². The third kappa shape index (κ3) is 5.52. The van der Waals surface area contributed by atoms with Crippen LogP contribution in [0, 0.1) is 6.92 Å². The Labute approximate surface area is 175 Å². The number of benzene rings is 2. The van der Waals surface area contributed by atoms with Crippen LogP contribution in [0.5, 0.6) is 0 Å². The lowest BCUT2D eigenvalue weighted by Crippen LogP contribution is -2.31. The van der Waals surface area contributed by atoms with Gasteiger partial charge in [0.25, 0.3) is 5.91 Å². The first-order valence-corrected chi connectivity index (χ1v) is 10.8. The lowest BCUT2D eigenvalue weighted by Gasteiger charge is -2.20. The number of nitrogens with one attached hydrogen (secondary N) is 1. The van der Waals surface area contributed by atoms with Crippen molar-refractivity contribution < 1.29 is 27.5 Å². The molecule has 8 nitrogen and oxygen atoms in total. The average Bonchev–Trinajstić information content (AvgIpc) is 2.74. The first kappa shape index (κ1) is 23.2. The molecule has 0 unspecified atom stereocenters. The maximum absolute atomic E-state index is 12.8. The monoisotopic (exact) mass is 432 g/mol. The SMILES string of the molecule is CCN(CC)S(=O)(=O)c1cc(NC(=O)COC(=O)c2ccc(C=O)cc2)ccc1C. The van der Waals surface area contributed by atoms with Crippen molar-refractivity contribution in [1.29, 1.82) is 0 Å². The standard InChI is InChI=1S/C21H24N2O6S/c1-4-23(5-2)30(27,28)19-12-18(11-6-15(19)3)22-20(25)14-29-21(26)17-9-7-16(13-24)8-10-17/h6-13H,4-5,14H2,1-3H3,(H,22,25). The fourth-order valence-electron chi connectivity index (χ4n) is 2.77. The summed E-state index contributed by atoms with van der Waals surface area (Å²) in [7, 11) is -3.69. The van der Waals surface area contributed by atoms with Gasteiger partial charge in [0.05, 0.1) is 10.5 Å². The van der Waals surface area contributed by atoms with Crippen molar-refractivity contribution in [2.45, 2.75) is 25.7 Å². The van der Waals surface area contributed by atoms with Crippen LogP contribution in [-0.4, -0.2) is 50.6 Å². The van der Waals surface area contributed by atoms with E-state index in [4.69, 9.17) is 4.74 Å². The second kappa shape index (κ2) is 10.1. The molecule has 160 valence electrons. The van der Waals surface area contributed by atoms with Crippen LogP contribution in [0.4, 0.5) is 5.69 Å². The van der Waals surface area contributed by atoms with E-state index in [-0.39, 0.29) is 16.1 Å². The summed E-state index contributed by atoms with van der Waals surface area (Å²) in [6, 6.07) is 10.4. The Morgan fingerprint density at radius 1 is 1.07 bits per heavy atom. The number of hydrogen-bond donors (Lipinski definition) is 1. The van der Waals surface area contributed by atoms with Crippen LogP contribution in [0.15, 0.2) is 47.4 Å². The number of aryl methyl sites for hydroxylation is 1. The van der Waals surface area contributed by atoms with Gasteiger partial charge < -0.3 is 10.1 Å². The molecular formula is C21H24N2O6S. The highest BCUT2D eigenvalue weighted by Crippen LogP contribution is 2.23. The summed E-state index contributed by atoms with van der Waals surface area (Å²) >= 11 is 0. The fourth-order valence-corrected chi connectivity index (χ4v) is 4.48. The molecule has 2 aromatic rings. The van der Waals surface area contributed by atoms with E-state index in [0.717, 1.165) is 0 Å². The van der Waals surface area contributed by atoms with E-state index in [0.29, 0.717) is 30.5 Å². The van der Waals surface area contributed by atoms with Gasteiger partial charge in [-0.15, -0.1) is 0 Å². The molecule has 1 amide bonds. The molecular weight excluding hydrogens is 408 g/mol. The van der Waals surface area contributed by atoms with Crippen molar-refractivity contribution in [2.24, 2.45) is 0 Å². The third-order valence-electron chi connectivity index (χ3n) is 4.41. The van der Waals surface area contributed by atoms with Crippen molar-refractivity contribution >= 4 is 33.9 Å². The summed E-state index contributed by atoms with van der Waals surface area (Å²) in [5.41, 5.74) is 1.46. The van der Waals surface area contributed by atoms with Gasteiger partial charge in [0.1, 0.15) is 6.29 Å². The first-order valence-electron chi connectivity index (χ1n) is 9.36. The molecule has 2 rings (SSSR count). The lowest BCUT2D eigenvalue weighted by molar-refractivity contribution is -0.119. The number of esters is 1. The Morgan fingerprint density at radius 2 is 1.70 bits per heavy atom. The predicted octanol–water partition coefficient (Wildman–Crippen LogP) is 2.63. The molecule has 0 radical (unpaired) electrons. The van der Waals surface area contributed by atoms with E-state index in [1.807, 2.05) is 0 Å². The summed E-state index contributed by atoms with van der Waals surface area (Å²) in [5.74, 6) is -1.32. The zero-order chi connectivity index (χ0) is 22.3. The van der Waals surface area contributed by atoms with Crippen molar-refractivity contribution in [3.8, 4) is 0 Å². The van der Waals surface area contributed by atoms with Crippen LogP contribution >= 0.6 is 0 Å². The quantitative estimate of drug-likeness (QED) is 0.482. The molecule has 0 aromatic heterocycles. The summed E-state index contributed by atoms with van der Waals surface area (Å²) < 4.78 is 31.9. The van der Waals surface area contributed by atoms with Gasteiger partial charge in [0.15, 0.2) is 6.61 Å². The summed E-state index contributed by atoms with van der Waals surface area (Å²) in [6.45, 7) is 5.31. The highest BCUT2D eigenvalue weighted by Gasteiger charge is 2.24. The molecule has 0 aliphatic heterocycles. The van der Waals surface area contributed by atoms with Gasteiger partial charge in [0.2, 0.25) is 10.0 Å². The summed E-state index contributed by atoms with van der Waals surface area (Å²) in [4.78, 5) is 34.9. The first-order chi connectivity index (χ1) is 14.2.